The Hall–Kier alpha value is -1.11. The van der Waals surface area contributed by atoms with Gasteiger partial charge in [0.05, 0.1) is 0 Å². The molecule has 0 saturated heterocycles. The Kier molecular flexibility index (Phi) is 2.18. The van der Waals surface area contributed by atoms with Gasteiger partial charge in [-0.15, -0.1) is 0 Å². The normalized spacial score (nSPS) is 20.8. The molecule has 14 heavy (non-hydrogen) atoms. The Labute approximate surface area is 85.1 Å². The molecule has 0 saturated carbocycles. The molecule has 0 radical (unpaired) electrons. The van der Waals surface area contributed by atoms with Gasteiger partial charge < -0.3 is 0 Å². The molecular weight excluding hydrogens is 172 g/mol. The minimum Gasteiger partial charge on any atom is -0.294 e. The second-order valence-corrected chi connectivity index (χ2v) is 4.41. The molecule has 0 fully saturated rings. The summed E-state index contributed by atoms with van der Waals surface area (Å²) < 4.78 is 0. The summed E-state index contributed by atoms with van der Waals surface area (Å²) in [5, 5.41) is 0. The molecule has 1 aromatic rings. The Bertz CT molecular complexity index is 390. The third kappa shape index (κ3) is 1.37. The van der Waals surface area contributed by atoms with Crippen LogP contribution >= 0.6 is 0 Å². The van der Waals surface area contributed by atoms with Gasteiger partial charge in [-0.25, -0.2) is 0 Å². The van der Waals surface area contributed by atoms with Gasteiger partial charge in [0.2, 0.25) is 0 Å². The highest BCUT2D eigenvalue weighted by molar-refractivity contribution is 6.00. The quantitative estimate of drug-likeness (QED) is 0.611. The van der Waals surface area contributed by atoms with E-state index in [1.165, 1.54) is 16.7 Å². The van der Waals surface area contributed by atoms with Crippen LogP contribution in [-0.4, -0.2) is 5.78 Å². The average Bonchev–Trinajstić information content (AvgIpc) is 2.12. The predicted octanol–water partition coefficient (Wildman–Crippen LogP) is 3.07. The number of aryl methyl sites for hydroxylation is 2. The summed E-state index contributed by atoms with van der Waals surface area (Å²) in [6, 6.07) is 4.21. The summed E-state index contributed by atoms with van der Waals surface area (Å²) in [6.45, 7) is 6.19. The van der Waals surface area contributed by atoms with Crippen molar-refractivity contribution in [2.45, 2.75) is 33.6 Å². The van der Waals surface area contributed by atoms with Crippen LogP contribution in [0, 0.1) is 19.8 Å². The number of hydrogen-bond donors (Lipinski definition) is 0. The number of carbonyl (C=O) groups is 1. The van der Waals surface area contributed by atoms with E-state index in [0.717, 1.165) is 18.4 Å². The molecular formula is C13H16O. The summed E-state index contributed by atoms with van der Waals surface area (Å²) in [7, 11) is 0. The van der Waals surface area contributed by atoms with Crippen LogP contribution < -0.4 is 0 Å². The van der Waals surface area contributed by atoms with Crippen LogP contribution in [0.15, 0.2) is 12.1 Å². The van der Waals surface area contributed by atoms with E-state index in [2.05, 4.69) is 19.9 Å². The first kappa shape index (κ1) is 9.45. The van der Waals surface area contributed by atoms with Crippen molar-refractivity contribution in [2.24, 2.45) is 5.92 Å². The zero-order valence-electron chi connectivity index (χ0n) is 9.05. The number of benzene rings is 1. The minimum atomic E-state index is 0.212. The molecule has 2 rings (SSSR count). The van der Waals surface area contributed by atoms with Gasteiger partial charge in [0, 0.05) is 11.5 Å². The van der Waals surface area contributed by atoms with Gasteiger partial charge in [-0.05, 0) is 43.9 Å². The molecule has 0 N–H and O–H groups in total. The second kappa shape index (κ2) is 3.23. The zero-order chi connectivity index (χ0) is 10.3. The Morgan fingerprint density at radius 1 is 1.29 bits per heavy atom. The summed E-state index contributed by atoms with van der Waals surface area (Å²) in [4.78, 5) is 11.9. The van der Waals surface area contributed by atoms with Gasteiger partial charge in [0.25, 0.3) is 0 Å². The number of carbonyl (C=O) groups excluding carboxylic acids is 1. The maximum atomic E-state index is 11.9. The van der Waals surface area contributed by atoms with E-state index in [9.17, 15) is 4.79 Å². The number of rotatable bonds is 0. The predicted molar refractivity (Wildman–Crippen MR) is 57.7 cm³/mol. The second-order valence-electron chi connectivity index (χ2n) is 4.41. The van der Waals surface area contributed by atoms with Gasteiger partial charge in [0.1, 0.15) is 0 Å². The molecule has 0 amide bonds. The lowest BCUT2D eigenvalue weighted by atomic mass is 9.81. The molecule has 1 nitrogen and oxygen atoms in total. The van der Waals surface area contributed by atoms with Crippen molar-refractivity contribution in [1.82, 2.24) is 0 Å². The summed E-state index contributed by atoms with van der Waals surface area (Å²) >= 11 is 0. The Balaban J connectivity index is 2.60. The van der Waals surface area contributed by atoms with E-state index in [4.69, 9.17) is 0 Å². The average molecular weight is 188 g/mol. The Morgan fingerprint density at radius 2 is 2.00 bits per heavy atom. The van der Waals surface area contributed by atoms with E-state index >= 15 is 0 Å². The fraction of sp³-hybridized carbons (Fsp3) is 0.462. The fourth-order valence-corrected chi connectivity index (χ4v) is 2.31. The van der Waals surface area contributed by atoms with Crippen LogP contribution in [0.1, 0.15) is 40.4 Å². The highest BCUT2D eigenvalue weighted by atomic mass is 16.1. The smallest absolute Gasteiger partial charge is 0.165 e. The van der Waals surface area contributed by atoms with Crippen LogP contribution in [0.3, 0.4) is 0 Å². The first-order valence-electron chi connectivity index (χ1n) is 5.24. The van der Waals surface area contributed by atoms with Gasteiger partial charge in [-0.1, -0.05) is 18.6 Å². The van der Waals surface area contributed by atoms with Crippen molar-refractivity contribution in [3.8, 4) is 0 Å². The third-order valence-corrected chi connectivity index (χ3v) is 3.16. The summed E-state index contributed by atoms with van der Waals surface area (Å²) in [6.07, 6.45) is 2.07. The van der Waals surface area contributed by atoms with Gasteiger partial charge in [0.15, 0.2) is 5.78 Å². The minimum absolute atomic E-state index is 0.212. The van der Waals surface area contributed by atoms with E-state index in [1.807, 2.05) is 13.0 Å². The lowest BCUT2D eigenvalue weighted by Crippen LogP contribution is -2.21. The SMILES string of the molecule is Cc1cc(C)c2c(c1)C(=O)[C@@H](C)CC2. The van der Waals surface area contributed by atoms with Gasteiger partial charge in [-0.3, -0.25) is 4.79 Å². The topological polar surface area (TPSA) is 17.1 Å². The number of hydrogen-bond acceptors (Lipinski definition) is 1. The van der Waals surface area contributed by atoms with E-state index in [1.54, 1.807) is 0 Å². The molecule has 1 aromatic carbocycles. The van der Waals surface area contributed by atoms with Crippen LogP contribution in [0.2, 0.25) is 0 Å². The summed E-state index contributed by atoms with van der Waals surface area (Å²) in [5.41, 5.74) is 4.73. The van der Waals surface area contributed by atoms with Crippen LogP contribution in [0.4, 0.5) is 0 Å². The molecule has 1 atom stereocenters. The van der Waals surface area contributed by atoms with Crippen molar-refractivity contribution in [3.63, 3.8) is 0 Å². The maximum absolute atomic E-state index is 11.9. The maximum Gasteiger partial charge on any atom is 0.165 e. The standard InChI is InChI=1S/C13H16O/c1-8-6-10(3)11-5-4-9(2)13(14)12(11)7-8/h6-7,9H,4-5H2,1-3H3/t9-/m0/s1. The first-order chi connectivity index (χ1) is 6.59. The third-order valence-electron chi connectivity index (χ3n) is 3.16. The molecule has 0 spiro atoms. The van der Waals surface area contributed by atoms with Crippen molar-refractivity contribution in [1.29, 1.82) is 0 Å². The van der Waals surface area contributed by atoms with Gasteiger partial charge in [-0.2, -0.15) is 0 Å². The molecule has 1 aliphatic rings. The lowest BCUT2D eigenvalue weighted by Gasteiger charge is -2.22. The molecule has 0 heterocycles. The van der Waals surface area contributed by atoms with Crippen molar-refractivity contribution in [3.05, 3.63) is 34.4 Å². The molecule has 0 bridgehead atoms. The molecule has 1 aliphatic carbocycles. The number of Topliss-reactive ketones (excluding diaryl/α,β-unsaturated/α-hetero) is 1. The number of fused-ring (bicyclic) bond motifs is 1. The fourth-order valence-electron chi connectivity index (χ4n) is 2.31. The number of ketones is 1. The lowest BCUT2D eigenvalue weighted by molar-refractivity contribution is 0.0913. The van der Waals surface area contributed by atoms with Crippen molar-refractivity contribution in [2.75, 3.05) is 0 Å². The zero-order valence-corrected chi connectivity index (χ0v) is 9.05. The molecule has 0 aromatic heterocycles. The van der Waals surface area contributed by atoms with E-state index in [0.29, 0.717) is 5.78 Å². The first-order valence-corrected chi connectivity index (χ1v) is 5.24. The van der Waals surface area contributed by atoms with Crippen molar-refractivity contribution < 1.29 is 4.79 Å². The Morgan fingerprint density at radius 3 is 2.71 bits per heavy atom. The highest BCUT2D eigenvalue weighted by Gasteiger charge is 2.24. The van der Waals surface area contributed by atoms with Crippen LogP contribution in [0.25, 0.3) is 0 Å². The highest BCUT2D eigenvalue weighted by Crippen LogP contribution is 2.28. The van der Waals surface area contributed by atoms with Crippen LogP contribution in [-0.2, 0) is 6.42 Å². The van der Waals surface area contributed by atoms with E-state index < -0.39 is 0 Å². The van der Waals surface area contributed by atoms with E-state index in [-0.39, 0.29) is 5.92 Å². The van der Waals surface area contributed by atoms with Crippen LogP contribution in [0.5, 0.6) is 0 Å². The molecule has 0 aliphatic heterocycles. The molecule has 1 heteroatoms. The largest absolute Gasteiger partial charge is 0.294 e. The molecule has 0 unspecified atom stereocenters. The van der Waals surface area contributed by atoms with Gasteiger partial charge >= 0.3 is 0 Å². The molecule has 74 valence electrons. The summed E-state index contributed by atoms with van der Waals surface area (Å²) in [5.74, 6) is 0.543. The monoisotopic (exact) mass is 188 g/mol. The van der Waals surface area contributed by atoms with Crippen molar-refractivity contribution >= 4 is 5.78 Å².